The molecule has 3 nitrogen and oxygen atoms in total. The topological polar surface area (TPSA) is 21.3 Å². The minimum Gasteiger partial charge on any atom is -0.456 e. The Hall–Kier alpha value is -6.26. The van der Waals surface area contributed by atoms with Crippen molar-refractivity contribution in [3.8, 4) is 33.5 Å². The lowest BCUT2D eigenvalue weighted by Crippen LogP contribution is -2.57. The van der Waals surface area contributed by atoms with Gasteiger partial charge in [0, 0.05) is 61.1 Å². The fourth-order valence-electron chi connectivity index (χ4n) is 10.2. The highest BCUT2D eigenvalue weighted by molar-refractivity contribution is 6.90. The first-order valence-corrected chi connectivity index (χ1v) is 22.0. The van der Waals surface area contributed by atoms with Crippen molar-refractivity contribution in [3.05, 3.63) is 162 Å². The second-order valence-electron chi connectivity index (χ2n) is 20.7. The number of furan rings is 1. The molecule has 300 valence electrons. The molecule has 0 N–H and O–H groups in total. The molecule has 9 aromatic rings. The molecule has 0 spiro atoms. The van der Waals surface area contributed by atoms with Crippen LogP contribution in [0.25, 0.3) is 66.4 Å². The summed E-state index contributed by atoms with van der Waals surface area (Å²) in [5, 5.41) is 3.57. The molecule has 0 aliphatic carbocycles. The van der Waals surface area contributed by atoms with E-state index in [4.69, 9.17) is 4.42 Å². The molecule has 2 aliphatic rings. The van der Waals surface area contributed by atoms with Crippen LogP contribution in [0, 0.1) is 6.92 Å². The van der Waals surface area contributed by atoms with Crippen molar-refractivity contribution in [3.63, 3.8) is 0 Å². The van der Waals surface area contributed by atoms with E-state index in [1.54, 1.807) is 0 Å². The van der Waals surface area contributed by atoms with E-state index >= 15 is 0 Å². The molecule has 0 radical (unpaired) electrons. The van der Waals surface area contributed by atoms with Gasteiger partial charge in [0.1, 0.15) is 11.2 Å². The van der Waals surface area contributed by atoms with E-state index in [1.807, 2.05) is 0 Å². The van der Waals surface area contributed by atoms with Crippen LogP contribution in [-0.4, -0.2) is 11.3 Å². The summed E-state index contributed by atoms with van der Waals surface area (Å²) in [4.78, 5) is 2.57. The van der Waals surface area contributed by atoms with E-state index in [9.17, 15) is 0 Å². The lowest BCUT2D eigenvalue weighted by Gasteiger charge is -2.42. The molecular formula is C57H53BN2O. The zero-order chi connectivity index (χ0) is 42.3. The Bertz CT molecular complexity index is 3250. The van der Waals surface area contributed by atoms with E-state index in [2.05, 4.69) is 218 Å². The van der Waals surface area contributed by atoms with Gasteiger partial charge >= 0.3 is 6.85 Å². The Morgan fingerprint density at radius 1 is 0.492 bits per heavy atom. The SMILES string of the molecule is Cc1ccccc1-c1c(-c2ccccc2)c2cc(C(C)(C)C)cc3c2n1B1c2cc4oc5ccccc5c4cc2N(c2ccc(C(C)(C)C)cc2)c2cc(C(C)(C)C)cc-3c21. The first-order valence-electron chi connectivity index (χ1n) is 22.0. The van der Waals surface area contributed by atoms with Crippen LogP contribution in [0.5, 0.6) is 0 Å². The molecule has 0 saturated carbocycles. The molecule has 4 heterocycles. The zero-order valence-electron chi connectivity index (χ0n) is 37.2. The van der Waals surface area contributed by atoms with Crippen molar-refractivity contribution in [2.45, 2.75) is 85.5 Å². The Balaban J connectivity index is 1.37. The normalized spacial score (nSPS) is 13.7. The molecule has 0 amide bonds. The molecule has 0 saturated heterocycles. The third-order valence-corrected chi connectivity index (χ3v) is 13.6. The van der Waals surface area contributed by atoms with Gasteiger partial charge in [0.05, 0.1) is 0 Å². The van der Waals surface area contributed by atoms with Crippen molar-refractivity contribution in [1.82, 2.24) is 4.48 Å². The van der Waals surface area contributed by atoms with Crippen LogP contribution >= 0.6 is 0 Å². The standard InChI is InChI=1S/C57H53BN2O/c1-34-18-14-15-21-40(34)54-51(35-19-12-11-13-20-35)45-30-37(56(5,6)7)29-44-43-28-38(57(8,9)10)31-48-52(43)58(60(54)53(44)45)46-33-50-42(41-22-16-17-23-49(41)61-50)32-47(46)59(48)39-26-24-36(25-27-39)55(2,3)4/h11-33H,1-10H3. The van der Waals surface area contributed by atoms with Crippen LogP contribution in [0.4, 0.5) is 17.1 Å². The third-order valence-electron chi connectivity index (χ3n) is 13.6. The smallest absolute Gasteiger partial charge is 0.333 e. The summed E-state index contributed by atoms with van der Waals surface area (Å²) >= 11 is 0. The summed E-state index contributed by atoms with van der Waals surface area (Å²) < 4.78 is 9.52. The Labute approximate surface area is 360 Å². The van der Waals surface area contributed by atoms with E-state index in [-0.39, 0.29) is 23.1 Å². The number of anilines is 3. The maximum atomic E-state index is 6.78. The van der Waals surface area contributed by atoms with Crippen LogP contribution < -0.4 is 15.8 Å². The third kappa shape index (κ3) is 5.64. The van der Waals surface area contributed by atoms with Gasteiger partial charge in [-0.1, -0.05) is 153 Å². The van der Waals surface area contributed by atoms with Gasteiger partial charge in [-0.15, -0.1) is 0 Å². The number of nitrogens with zero attached hydrogens (tertiary/aromatic N) is 2. The number of benzene rings is 7. The van der Waals surface area contributed by atoms with Gasteiger partial charge in [-0.05, 0) is 116 Å². The van der Waals surface area contributed by atoms with Crippen LogP contribution in [0.2, 0.25) is 0 Å². The highest BCUT2D eigenvalue weighted by atomic mass is 16.3. The van der Waals surface area contributed by atoms with Gasteiger partial charge in [-0.3, -0.25) is 0 Å². The van der Waals surface area contributed by atoms with E-state index in [0.29, 0.717) is 0 Å². The van der Waals surface area contributed by atoms with E-state index in [1.165, 1.54) is 89.0 Å². The molecule has 0 bridgehead atoms. The summed E-state index contributed by atoms with van der Waals surface area (Å²) in [5.74, 6) is 0. The average Bonchev–Trinajstić information content (AvgIpc) is 3.76. The number of fused-ring (bicyclic) bond motifs is 7. The predicted molar refractivity (Wildman–Crippen MR) is 261 cm³/mol. The Morgan fingerprint density at radius 2 is 1.13 bits per heavy atom. The summed E-state index contributed by atoms with van der Waals surface area (Å²) in [6.45, 7) is 23.1. The lowest BCUT2D eigenvalue weighted by molar-refractivity contribution is 0.589. The summed E-state index contributed by atoms with van der Waals surface area (Å²) in [6, 6.07) is 52.8. The molecule has 0 unspecified atom stereocenters. The molecule has 11 rings (SSSR count). The van der Waals surface area contributed by atoms with Gasteiger partial charge in [-0.2, -0.15) is 0 Å². The van der Waals surface area contributed by atoms with Crippen molar-refractivity contribution < 1.29 is 4.42 Å². The number of rotatable bonds is 3. The zero-order valence-corrected chi connectivity index (χ0v) is 37.2. The first kappa shape index (κ1) is 37.7. The second kappa shape index (κ2) is 12.9. The van der Waals surface area contributed by atoms with Gasteiger partial charge in [-0.25, -0.2) is 0 Å². The molecule has 61 heavy (non-hydrogen) atoms. The number of aromatic nitrogens is 1. The van der Waals surface area contributed by atoms with Crippen molar-refractivity contribution >= 4 is 67.7 Å². The fraction of sp³-hybridized carbons (Fsp3) is 0.228. The van der Waals surface area contributed by atoms with E-state index < -0.39 is 0 Å². The molecular weight excluding hydrogens is 739 g/mol. The molecule has 2 aromatic heterocycles. The summed E-state index contributed by atoms with van der Waals surface area (Å²) in [5.41, 5.74) is 22.0. The summed E-state index contributed by atoms with van der Waals surface area (Å²) in [7, 11) is 0. The van der Waals surface area contributed by atoms with Gasteiger partial charge in [0.25, 0.3) is 0 Å². The van der Waals surface area contributed by atoms with Gasteiger partial charge in [0.15, 0.2) is 0 Å². The molecule has 7 aromatic carbocycles. The molecule has 4 heteroatoms. The van der Waals surface area contributed by atoms with Crippen LogP contribution in [-0.2, 0) is 16.2 Å². The monoisotopic (exact) mass is 792 g/mol. The molecule has 2 aliphatic heterocycles. The minimum atomic E-state index is -0.140. The largest absolute Gasteiger partial charge is 0.456 e. The highest BCUT2D eigenvalue weighted by Crippen LogP contribution is 2.52. The second-order valence-corrected chi connectivity index (χ2v) is 20.7. The van der Waals surface area contributed by atoms with Crippen molar-refractivity contribution in [1.29, 1.82) is 0 Å². The van der Waals surface area contributed by atoms with E-state index in [0.717, 1.165) is 27.6 Å². The maximum absolute atomic E-state index is 6.78. The number of hydrogen-bond donors (Lipinski definition) is 0. The minimum absolute atomic E-state index is 0.0350. The molecule has 0 atom stereocenters. The predicted octanol–water partition coefficient (Wildman–Crippen LogP) is 14.5. The molecule has 0 fully saturated rings. The van der Waals surface area contributed by atoms with Crippen molar-refractivity contribution in [2.75, 3.05) is 4.90 Å². The van der Waals surface area contributed by atoms with Crippen LogP contribution in [0.15, 0.2) is 144 Å². The number of aryl methyl sites for hydroxylation is 1. The first-order chi connectivity index (χ1) is 29.1. The highest BCUT2D eigenvalue weighted by Gasteiger charge is 2.45. The van der Waals surface area contributed by atoms with Crippen LogP contribution in [0.1, 0.15) is 84.6 Å². The Kier molecular flexibility index (Phi) is 7.96. The van der Waals surface area contributed by atoms with Crippen LogP contribution in [0.3, 0.4) is 0 Å². The number of hydrogen-bond acceptors (Lipinski definition) is 2. The Morgan fingerprint density at radius 3 is 1.84 bits per heavy atom. The van der Waals surface area contributed by atoms with Crippen molar-refractivity contribution in [2.24, 2.45) is 0 Å². The quantitative estimate of drug-likeness (QED) is 0.166. The maximum Gasteiger partial charge on any atom is 0.333 e. The average molecular weight is 793 g/mol. The summed E-state index contributed by atoms with van der Waals surface area (Å²) in [6.07, 6.45) is 0. The lowest BCUT2D eigenvalue weighted by atomic mass is 9.44. The number of para-hydroxylation sites is 1. The fourth-order valence-corrected chi connectivity index (χ4v) is 10.2. The van der Waals surface area contributed by atoms with Gasteiger partial charge < -0.3 is 13.8 Å². The van der Waals surface area contributed by atoms with Gasteiger partial charge in [0.2, 0.25) is 0 Å².